The average molecular weight is 340 g/mol. The maximum absolute atomic E-state index is 13.2. The van der Waals surface area contributed by atoms with Crippen LogP contribution in [0.2, 0.25) is 0 Å². The van der Waals surface area contributed by atoms with Gasteiger partial charge in [-0.05, 0) is 35.4 Å². The van der Waals surface area contributed by atoms with Gasteiger partial charge in [-0.15, -0.1) is 0 Å². The van der Waals surface area contributed by atoms with Crippen LogP contribution in [0.4, 0.5) is 0 Å². The number of carbonyl (C=O) groups excluding carboxylic acids is 1. The van der Waals surface area contributed by atoms with Crippen molar-refractivity contribution in [3.05, 3.63) is 108 Å². The van der Waals surface area contributed by atoms with Gasteiger partial charge in [0.15, 0.2) is 0 Å². The highest BCUT2D eigenvalue weighted by molar-refractivity contribution is 5.98. The molecule has 4 aromatic rings. The number of aromatic nitrogens is 1. The number of H-pyrrole nitrogens is 1. The van der Waals surface area contributed by atoms with Crippen molar-refractivity contribution in [2.24, 2.45) is 0 Å². The Labute approximate surface area is 152 Å². The van der Waals surface area contributed by atoms with E-state index in [0.29, 0.717) is 18.7 Å². The molecular formula is C23H20N2O. The number of hydrogen-bond donors (Lipinski definition) is 1. The van der Waals surface area contributed by atoms with Gasteiger partial charge in [-0.25, -0.2) is 0 Å². The van der Waals surface area contributed by atoms with Crippen LogP contribution in [0.25, 0.3) is 10.9 Å². The van der Waals surface area contributed by atoms with Gasteiger partial charge in [0, 0.05) is 35.8 Å². The first-order chi connectivity index (χ1) is 12.8. The predicted octanol–water partition coefficient (Wildman–Crippen LogP) is 5.01. The first-order valence-electron chi connectivity index (χ1n) is 8.74. The second-order valence-electron chi connectivity index (χ2n) is 6.41. The number of hydrogen-bond acceptors (Lipinski definition) is 1. The van der Waals surface area contributed by atoms with Gasteiger partial charge in [-0.1, -0.05) is 60.7 Å². The molecule has 0 aliphatic heterocycles. The van der Waals surface area contributed by atoms with Crippen LogP contribution in [0.15, 0.2) is 91.1 Å². The summed E-state index contributed by atoms with van der Waals surface area (Å²) in [5.74, 6) is 0.0424. The molecule has 0 atom stereocenters. The molecule has 0 unspecified atom stereocenters. The van der Waals surface area contributed by atoms with E-state index in [1.165, 1.54) is 0 Å². The minimum Gasteiger partial charge on any atom is -0.361 e. The summed E-state index contributed by atoms with van der Waals surface area (Å²) < 4.78 is 0. The van der Waals surface area contributed by atoms with Crippen molar-refractivity contribution in [1.29, 1.82) is 0 Å². The summed E-state index contributed by atoms with van der Waals surface area (Å²) in [7, 11) is 0. The van der Waals surface area contributed by atoms with E-state index >= 15 is 0 Å². The molecule has 1 heterocycles. The summed E-state index contributed by atoms with van der Waals surface area (Å²) >= 11 is 0. The van der Waals surface area contributed by atoms with E-state index in [9.17, 15) is 4.79 Å². The van der Waals surface area contributed by atoms with Crippen LogP contribution in [0, 0.1) is 0 Å². The third-order valence-corrected chi connectivity index (χ3v) is 4.52. The highest BCUT2D eigenvalue weighted by Crippen LogP contribution is 2.18. The average Bonchev–Trinajstić information content (AvgIpc) is 3.16. The molecule has 1 N–H and O–H groups in total. The van der Waals surface area contributed by atoms with E-state index in [1.54, 1.807) is 0 Å². The Morgan fingerprint density at radius 3 is 2.00 bits per heavy atom. The first-order valence-corrected chi connectivity index (χ1v) is 8.74. The molecule has 0 fully saturated rings. The fourth-order valence-electron chi connectivity index (χ4n) is 3.18. The van der Waals surface area contributed by atoms with Crippen LogP contribution in [-0.4, -0.2) is 15.8 Å². The molecular weight excluding hydrogens is 320 g/mol. The molecule has 128 valence electrons. The third kappa shape index (κ3) is 3.52. The number of nitrogens with zero attached hydrogens (tertiary/aromatic N) is 1. The molecule has 26 heavy (non-hydrogen) atoms. The van der Waals surface area contributed by atoms with Crippen molar-refractivity contribution in [1.82, 2.24) is 9.88 Å². The molecule has 0 saturated heterocycles. The van der Waals surface area contributed by atoms with E-state index < -0.39 is 0 Å². The highest BCUT2D eigenvalue weighted by atomic mass is 16.2. The molecule has 1 amide bonds. The second kappa shape index (κ2) is 7.28. The lowest BCUT2D eigenvalue weighted by molar-refractivity contribution is 0.0730. The summed E-state index contributed by atoms with van der Waals surface area (Å²) in [6.07, 6.45) is 1.89. The number of nitrogens with one attached hydrogen (secondary N) is 1. The van der Waals surface area contributed by atoms with Gasteiger partial charge in [-0.2, -0.15) is 0 Å². The van der Waals surface area contributed by atoms with Crippen LogP contribution < -0.4 is 0 Å². The van der Waals surface area contributed by atoms with Gasteiger partial charge in [0.2, 0.25) is 0 Å². The Morgan fingerprint density at radius 1 is 0.769 bits per heavy atom. The number of carbonyl (C=O) groups is 1. The minimum atomic E-state index is 0.0424. The maximum Gasteiger partial charge on any atom is 0.254 e. The Bertz CT molecular complexity index is 965. The fraction of sp³-hybridized carbons (Fsp3) is 0.0870. The van der Waals surface area contributed by atoms with Crippen LogP contribution in [-0.2, 0) is 13.1 Å². The van der Waals surface area contributed by atoms with Crippen molar-refractivity contribution >= 4 is 16.8 Å². The summed E-state index contributed by atoms with van der Waals surface area (Å²) in [6.45, 7) is 1.17. The molecule has 0 radical (unpaired) electrons. The summed E-state index contributed by atoms with van der Waals surface area (Å²) in [5.41, 5.74) is 4.00. The molecule has 4 rings (SSSR count). The lowest BCUT2D eigenvalue weighted by Crippen LogP contribution is -2.30. The lowest BCUT2D eigenvalue weighted by Gasteiger charge is -2.23. The summed E-state index contributed by atoms with van der Waals surface area (Å²) in [6, 6.07) is 28.0. The topological polar surface area (TPSA) is 36.1 Å². The smallest absolute Gasteiger partial charge is 0.254 e. The SMILES string of the molecule is O=C(c1ccc2[nH]ccc2c1)N(Cc1ccccc1)Cc1ccccc1. The standard InChI is InChI=1S/C23H20N2O/c26-23(21-11-12-22-20(15-21)13-14-24-22)25(16-18-7-3-1-4-8-18)17-19-9-5-2-6-10-19/h1-15,24H,16-17H2. The van der Waals surface area contributed by atoms with Crippen LogP contribution >= 0.6 is 0 Å². The maximum atomic E-state index is 13.2. The van der Waals surface area contributed by atoms with Crippen LogP contribution in [0.1, 0.15) is 21.5 Å². The van der Waals surface area contributed by atoms with Crippen LogP contribution in [0.5, 0.6) is 0 Å². The zero-order chi connectivity index (χ0) is 17.8. The van der Waals surface area contributed by atoms with E-state index in [-0.39, 0.29) is 5.91 Å². The van der Waals surface area contributed by atoms with Gasteiger partial charge in [0.1, 0.15) is 0 Å². The Hall–Kier alpha value is -3.33. The molecule has 3 nitrogen and oxygen atoms in total. The van der Waals surface area contributed by atoms with E-state index in [0.717, 1.165) is 22.0 Å². The molecule has 1 aromatic heterocycles. The highest BCUT2D eigenvalue weighted by Gasteiger charge is 2.17. The van der Waals surface area contributed by atoms with E-state index in [4.69, 9.17) is 0 Å². The molecule has 0 aliphatic rings. The molecule has 3 heteroatoms. The Balaban J connectivity index is 1.65. The van der Waals surface area contributed by atoms with Crippen molar-refractivity contribution < 1.29 is 4.79 Å². The normalized spacial score (nSPS) is 10.8. The zero-order valence-corrected chi connectivity index (χ0v) is 14.4. The van der Waals surface area contributed by atoms with Crippen molar-refractivity contribution in [2.45, 2.75) is 13.1 Å². The lowest BCUT2D eigenvalue weighted by atomic mass is 10.1. The number of benzene rings is 3. The minimum absolute atomic E-state index is 0.0424. The van der Waals surface area contributed by atoms with Gasteiger partial charge < -0.3 is 9.88 Å². The largest absolute Gasteiger partial charge is 0.361 e. The molecule has 0 saturated carbocycles. The fourth-order valence-corrected chi connectivity index (χ4v) is 3.18. The summed E-state index contributed by atoms with van der Waals surface area (Å²) in [4.78, 5) is 18.3. The molecule has 0 aliphatic carbocycles. The molecule has 3 aromatic carbocycles. The van der Waals surface area contributed by atoms with Gasteiger partial charge in [0.25, 0.3) is 5.91 Å². The quantitative estimate of drug-likeness (QED) is 0.544. The Kier molecular flexibility index (Phi) is 4.52. The van der Waals surface area contributed by atoms with Crippen molar-refractivity contribution in [3.8, 4) is 0 Å². The monoisotopic (exact) mass is 340 g/mol. The Morgan fingerprint density at radius 2 is 1.38 bits per heavy atom. The number of rotatable bonds is 5. The second-order valence-corrected chi connectivity index (χ2v) is 6.41. The number of fused-ring (bicyclic) bond motifs is 1. The molecule has 0 spiro atoms. The predicted molar refractivity (Wildman–Crippen MR) is 105 cm³/mol. The van der Waals surface area contributed by atoms with E-state index in [1.807, 2.05) is 71.8 Å². The number of amides is 1. The van der Waals surface area contributed by atoms with Gasteiger partial charge in [-0.3, -0.25) is 4.79 Å². The third-order valence-electron chi connectivity index (χ3n) is 4.52. The van der Waals surface area contributed by atoms with Crippen molar-refractivity contribution in [2.75, 3.05) is 0 Å². The van der Waals surface area contributed by atoms with Crippen molar-refractivity contribution in [3.63, 3.8) is 0 Å². The number of aromatic amines is 1. The molecule has 0 bridgehead atoms. The van der Waals surface area contributed by atoms with Gasteiger partial charge in [0.05, 0.1) is 0 Å². The first kappa shape index (κ1) is 16.2. The zero-order valence-electron chi connectivity index (χ0n) is 14.4. The summed E-state index contributed by atoms with van der Waals surface area (Å²) in [5, 5.41) is 1.05. The van der Waals surface area contributed by atoms with E-state index in [2.05, 4.69) is 29.2 Å². The van der Waals surface area contributed by atoms with Crippen LogP contribution in [0.3, 0.4) is 0 Å². The van der Waals surface area contributed by atoms with Gasteiger partial charge >= 0.3 is 0 Å².